The lowest BCUT2D eigenvalue weighted by Gasteiger charge is -2.23. The van der Waals surface area contributed by atoms with E-state index < -0.39 is 11.9 Å². The van der Waals surface area contributed by atoms with Crippen LogP contribution in [0.3, 0.4) is 0 Å². The number of fused-ring (bicyclic) bond motifs is 8. The molecule has 0 spiro atoms. The first kappa shape index (κ1) is 36.8. The molecule has 2 amide bonds. The number of carbonyl (C=O) groups excluding carboxylic acids is 3. The van der Waals surface area contributed by atoms with Gasteiger partial charge in [0.25, 0.3) is 11.8 Å². The maximum absolute atomic E-state index is 13.9. The number of carboxylic acid groups (broad SMARTS) is 1. The number of hydrogen-bond acceptors (Lipinski definition) is 9. The molecule has 12 heteroatoms. The van der Waals surface area contributed by atoms with Crippen molar-refractivity contribution in [1.29, 1.82) is 0 Å². The second-order valence-electron chi connectivity index (χ2n) is 14.6. The van der Waals surface area contributed by atoms with Gasteiger partial charge in [-0.1, -0.05) is 18.2 Å². The van der Waals surface area contributed by atoms with E-state index in [1.807, 2.05) is 54.3 Å². The van der Waals surface area contributed by atoms with Crippen molar-refractivity contribution < 1.29 is 43.2 Å². The summed E-state index contributed by atoms with van der Waals surface area (Å²) in [5, 5.41) is 8.83. The van der Waals surface area contributed by atoms with Gasteiger partial charge in [-0.3, -0.25) is 29.1 Å². The topological polar surface area (TPSA) is 144 Å². The fourth-order valence-corrected chi connectivity index (χ4v) is 8.14. The molecule has 56 heavy (non-hydrogen) atoms. The first-order valence-electron chi connectivity index (χ1n) is 19.1. The van der Waals surface area contributed by atoms with Crippen LogP contribution >= 0.6 is 0 Å². The number of benzene rings is 4. The molecule has 4 aromatic rings. The average molecular weight is 758 g/mol. The molecule has 0 unspecified atom stereocenters. The molecular weight excluding hydrogens is 714 g/mol. The minimum absolute atomic E-state index is 0.0153. The Bertz CT molecular complexity index is 2270. The van der Waals surface area contributed by atoms with Gasteiger partial charge in [0.2, 0.25) is 0 Å². The number of aliphatic carboxylic acids is 1. The molecule has 1 N–H and O–H groups in total. The molecule has 4 aromatic carbocycles. The van der Waals surface area contributed by atoms with Crippen LogP contribution in [0.1, 0.15) is 81.5 Å². The SMILES string of the molecule is COc1cc2c(cc1OCCCCCOc1cc3c(cc1C)C(=O)N1c4ccc(OC(=O)CCC(=O)O)cc4C[C@H]1C=N3)CC[C@@H]1Cc3ccccc3N1C2=O. The number of hydrogen-bond donors (Lipinski definition) is 1. The molecule has 0 saturated carbocycles. The number of ether oxygens (including phenoxy) is 4. The maximum Gasteiger partial charge on any atom is 0.311 e. The predicted octanol–water partition coefficient (Wildman–Crippen LogP) is 7.21. The number of rotatable bonds is 13. The molecule has 288 valence electrons. The molecule has 0 bridgehead atoms. The molecule has 0 aliphatic carbocycles. The fraction of sp³-hybridized carbons (Fsp3) is 0.341. The van der Waals surface area contributed by atoms with Gasteiger partial charge in [0.1, 0.15) is 11.5 Å². The van der Waals surface area contributed by atoms with Crippen molar-refractivity contribution in [3.05, 3.63) is 100 Å². The number of aliphatic imine (C=N–C) groups is 1. The zero-order valence-corrected chi connectivity index (χ0v) is 31.4. The number of unbranched alkanes of at least 4 members (excludes halogenated alkanes) is 2. The predicted molar refractivity (Wildman–Crippen MR) is 209 cm³/mol. The van der Waals surface area contributed by atoms with Gasteiger partial charge in [-0.2, -0.15) is 0 Å². The molecule has 4 heterocycles. The number of methoxy groups -OCH3 is 1. The van der Waals surface area contributed by atoms with Crippen molar-refractivity contribution in [3.8, 4) is 23.0 Å². The van der Waals surface area contributed by atoms with Crippen LogP contribution in [0.25, 0.3) is 0 Å². The van der Waals surface area contributed by atoms with Crippen LogP contribution in [0.2, 0.25) is 0 Å². The normalized spacial score (nSPS) is 17.5. The number of esters is 1. The number of amides is 2. The highest BCUT2D eigenvalue weighted by molar-refractivity contribution is 6.14. The summed E-state index contributed by atoms with van der Waals surface area (Å²) in [7, 11) is 1.60. The Morgan fingerprint density at radius 3 is 2.36 bits per heavy atom. The van der Waals surface area contributed by atoms with E-state index >= 15 is 0 Å². The van der Waals surface area contributed by atoms with Crippen LogP contribution in [-0.2, 0) is 28.9 Å². The smallest absolute Gasteiger partial charge is 0.311 e. The van der Waals surface area contributed by atoms with Crippen molar-refractivity contribution >= 4 is 47.0 Å². The summed E-state index contributed by atoms with van der Waals surface area (Å²) in [6.45, 7) is 2.91. The van der Waals surface area contributed by atoms with Crippen LogP contribution in [-0.4, -0.2) is 67.5 Å². The second kappa shape index (κ2) is 15.5. The van der Waals surface area contributed by atoms with Gasteiger partial charge in [-0.05, 0) is 110 Å². The lowest BCUT2D eigenvalue weighted by atomic mass is 9.99. The van der Waals surface area contributed by atoms with Crippen molar-refractivity contribution in [2.24, 2.45) is 4.99 Å². The van der Waals surface area contributed by atoms with Crippen LogP contribution in [0.15, 0.2) is 71.7 Å². The van der Waals surface area contributed by atoms with E-state index in [1.165, 1.54) is 5.56 Å². The summed E-state index contributed by atoms with van der Waals surface area (Å²) in [4.78, 5) is 58.8. The van der Waals surface area contributed by atoms with Gasteiger partial charge < -0.3 is 29.0 Å². The third-order valence-electron chi connectivity index (χ3n) is 10.9. The van der Waals surface area contributed by atoms with Crippen LogP contribution in [0.4, 0.5) is 17.1 Å². The Kier molecular flexibility index (Phi) is 10.2. The first-order chi connectivity index (χ1) is 27.2. The lowest BCUT2D eigenvalue weighted by Crippen LogP contribution is -2.37. The summed E-state index contributed by atoms with van der Waals surface area (Å²) < 4.78 is 23.4. The van der Waals surface area contributed by atoms with Crippen molar-refractivity contribution in [2.75, 3.05) is 30.1 Å². The number of anilines is 2. The second-order valence-corrected chi connectivity index (χ2v) is 14.6. The molecule has 0 aromatic heterocycles. The van der Waals surface area contributed by atoms with Crippen LogP contribution in [0.5, 0.6) is 23.0 Å². The Morgan fingerprint density at radius 1 is 0.786 bits per heavy atom. The Labute approximate surface area is 324 Å². The Hall–Kier alpha value is -6.17. The van der Waals surface area contributed by atoms with E-state index in [-0.39, 0.29) is 36.7 Å². The number of carboxylic acids is 1. The third kappa shape index (κ3) is 7.18. The van der Waals surface area contributed by atoms with Gasteiger partial charge in [0.15, 0.2) is 11.5 Å². The highest BCUT2D eigenvalue weighted by Crippen LogP contribution is 2.42. The van der Waals surface area contributed by atoms with Gasteiger partial charge >= 0.3 is 11.9 Å². The third-order valence-corrected chi connectivity index (χ3v) is 10.9. The molecule has 0 saturated heterocycles. The van der Waals surface area contributed by atoms with Crippen molar-refractivity contribution in [1.82, 2.24) is 0 Å². The fourth-order valence-electron chi connectivity index (χ4n) is 8.14. The molecular formula is C44H43N3O9. The van der Waals surface area contributed by atoms with E-state index in [1.54, 1.807) is 36.4 Å². The van der Waals surface area contributed by atoms with Crippen LogP contribution < -0.4 is 28.7 Å². The zero-order valence-electron chi connectivity index (χ0n) is 31.4. The minimum atomic E-state index is -1.07. The summed E-state index contributed by atoms with van der Waals surface area (Å²) in [5.74, 6) is 0.336. The van der Waals surface area contributed by atoms with E-state index in [2.05, 4.69) is 6.07 Å². The molecule has 0 fully saturated rings. The van der Waals surface area contributed by atoms with Gasteiger partial charge in [0, 0.05) is 41.7 Å². The average Bonchev–Trinajstić information content (AvgIpc) is 3.67. The van der Waals surface area contributed by atoms with E-state index in [9.17, 15) is 19.2 Å². The maximum atomic E-state index is 13.9. The van der Waals surface area contributed by atoms with E-state index in [0.29, 0.717) is 65.1 Å². The molecule has 4 aliphatic rings. The summed E-state index contributed by atoms with van der Waals surface area (Å²) >= 11 is 0. The molecule has 0 radical (unpaired) electrons. The Morgan fingerprint density at radius 2 is 1.55 bits per heavy atom. The van der Waals surface area contributed by atoms with Crippen LogP contribution in [0, 0.1) is 6.92 Å². The van der Waals surface area contributed by atoms with Gasteiger partial charge in [-0.25, -0.2) is 0 Å². The van der Waals surface area contributed by atoms with Crippen molar-refractivity contribution in [2.45, 2.75) is 76.8 Å². The summed E-state index contributed by atoms with van der Waals surface area (Å²) in [6.07, 6.45) is 6.79. The quantitative estimate of drug-likeness (QED) is 0.0850. The largest absolute Gasteiger partial charge is 0.493 e. The number of aryl methyl sites for hydroxylation is 2. The Balaban J connectivity index is 0.836. The minimum Gasteiger partial charge on any atom is -0.493 e. The highest BCUT2D eigenvalue weighted by Gasteiger charge is 2.38. The number of para-hydroxylation sites is 1. The standard InChI is InChI=1S/C44H43N3O9/c1-26-18-34-35(45-25-31-20-29-21-32(56-42(50)15-14-41(48)49)12-13-37(29)47(31)44(34)52)24-38(26)54-16-6-3-7-17-55-40-22-27-10-11-30-19-28-8-4-5-9-36(28)46(30)43(51)33(27)23-39(40)53-2/h4-5,8-9,12-13,18,21-25,30-31H,3,6-7,10-11,14-17,19-20H2,1-2H3,(H,48,49)/t30-,31+/m1/s1. The molecule has 4 aliphatic heterocycles. The number of nitrogens with zero attached hydrogens (tertiary/aromatic N) is 3. The highest BCUT2D eigenvalue weighted by atomic mass is 16.5. The summed E-state index contributed by atoms with van der Waals surface area (Å²) in [5.41, 5.74) is 7.30. The zero-order chi connectivity index (χ0) is 38.9. The summed E-state index contributed by atoms with van der Waals surface area (Å²) in [6, 6.07) is 20.5. The van der Waals surface area contributed by atoms with Gasteiger partial charge in [-0.15, -0.1) is 0 Å². The van der Waals surface area contributed by atoms with Gasteiger partial charge in [0.05, 0.1) is 50.5 Å². The monoisotopic (exact) mass is 757 g/mol. The van der Waals surface area contributed by atoms with E-state index in [0.717, 1.165) is 60.9 Å². The molecule has 8 rings (SSSR count). The lowest BCUT2D eigenvalue weighted by molar-refractivity contribution is -0.142. The first-order valence-corrected chi connectivity index (χ1v) is 19.1. The van der Waals surface area contributed by atoms with Crippen molar-refractivity contribution in [3.63, 3.8) is 0 Å². The molecule has 2 atom stereocenters. The molecule has 12 nitrogen and oxygen atoms in total. The van der Waals surface area contributed by atoms with E-state index in [4.69, 9.17) is 29.0 Å². The number of carbonyl (C=O) groups is 4.